The van der Waals surface area contributed by atoms with Crippen LogP contribution in [0.25, 0.3) is 22.4 Å². The fraction of sp³-hybridized carbons (Fsp3) is 0.364. The summed E-state index contributed by atoms with van der Waals surface area (Å²) in [5, 5.41) is 1.15. The highest BCUT2D eigenvalue weighted by Gasteiger charge is 2.27. The molecule has 0 spiro atoms. The van der Waals surface area contributed by atoms with E-state index in [9.17, 15) is 8.42 Å². The molecule has 1 aliphatic carbocycles. The van der Waals surface area contributed by atoms with Crippen LogP contribution in [0.1, 0.15) is 34.7 Å². The molecule has 7 heteroatoms. The van der Waals surface area contributed by atoms with E-state index >= 15 is 0 Å². The van der Waals surface area contributed by atoms with Crippen LogP contribution < -0.4 is 4.90 Å². The van der Waals surface area contributed by atoms with Gasteiger partial charge in [-0.05, 0) is 42.9 Å². The van der Waals surface area contributed by atoms with Gasteiger partial charge < -0.3 is 4.90 Å². The summed E-state index contributed by atoms with van der Waals surface area (Å²) in [5.41, 5.74) is 2.49. The summed E-state index contributed by atoms with van der Waals surface area (Å²) in [6, 6.07) is 10.1. The molecule has 0 N–H and O–H groups in total. The van der Waals surface area contributed by atoms with Crippen LogP contribution in [0.5, 0.6) is 0 Å². The molecule has 3 aromatic rings. The van der Waals surface area contributed by atoms with E-state index in [0.717, 1.165) is 34.4 Å². The number of hydrogen-bond donors (Lipinski definition) is 0. The first-order valence-corrected chi connectivity index (χ1v) is 12.7. The molecule has 0 radical (unpaired) electrons. The van der Waals surface area contributed by atoms with Gasteiger partial charge in [0.1, 0.15) is 10.6 Å². The fourth-order valence-corrected chi connectivity index (χ4v) is 6.58. The third-order valence-electron chi connectivity index (χ3n) is 5.68. The van der Waals surface area contributed by atoms with Crippen LogP contribution in [0.3, 0.4) is 0 Å². The van der Waals surface area contributed by atoms with Crippen molar-refractivity contribution in [2.45, 2.75) is 25.7 Å². The lowest BCUT2D eigenvalue weighted by Gasteiger charge is -2.28. The van der Waals surface area contributed by atoms with Crippen molar-refractivity contribution in [2.24, 2.45) is 0 Å². The first-order chi connectivity index (χ1) is 14.1. The Morgan fingerprint density at radius 3 is 2.52 bits per heavy atom. The molecular formula is C22H23N3O2S2. The Balaban J connectivity index is 1.60. The van der Waals surface area contributed by atoms with Gasteiger partial charge in [0.25, 0.3) is 0 Å². The number of aromatic nitrogens is 2. The number of sulfone groups is 1. The summed E-state index contributed by atoms with van der Waals surface area (Å²) >= 11 is 1.78. The van der Waals surface area contributed by atoms with E-state index in [1.807, 2.05) is 30.4 Å². The van der Waals surface area contributed by atoms with Crippen molar-refractivity contribution >= 4 is 49.4 Å². The zero-order valence-corrected chi connectivity index (χ0v) is 17.8. The summed E-state index contributed by atoms with van der Waals surface area (Å²) in [5.74, 6) is 1.99. The fourth-order valence-electron chi connectivity index (χ4n) is 4.12. The monoisotopic (exact) mass is 425 g/mol. The van der Waals surface area contributed by atoms with Gasteiger partial charge >= 0.3 is 0 Å². The van der Waals surface area contributed by atoms with Crippen LogP contribution in [-0.2, 0) is 22.7 Å². The van der Waals surface area contributed by atoms with E-state index in [-0.39, 0.29) is 11.5 Å². The third kappa shape index (κ3) is 3.81. The minimum absolute atomic E-state index is 0.194. The number of rotatable bonds is 3. The van der Waals surface area contributed by atoms with Gasteiger partial charge in [-0.3, -0.25) is 0 Å². The van der Waals surface area contributed by atoms with E-state index in [1.165, 1.54) is 23.3 Å². The van der Waals surface area contributed by atoms with Gasteiger partial charge in [0.05, 0.1) is 16.9 Å². The van der Waals surface area contributed by atoms with Gasteiger partial charge in [-0.2, -0.15) is 0 Å². The molecule has 2 aromatic heterocycles. The molecule has 0 bridgehead atoms. The van der Waals surface area contributed by atoms with E-state index in [1.54, 1.807) is 11.3 Å². The van der Waals surface area contributed by atoms with Crippen LogP contribution in [-0.4, -0.2) is 43.0 Å². The highest BCUT2D eigenvalue weighted by atomic mass is 32.2. The first-order valence-electron chi connectivity index (χ1n) is 10.1. The van der Waals surface area contributed by atoms with Gasteiger partial charge in [0.2, 0.25) is 0 Å². The molecular weight excluding hydrogens is 402 g/mol. The summed E-state index contributed by atoms with van der Waals surface area (Å²) in [6.45, 7) is 1.00. The molecule has 5 rings (SSSR count). The molecule has 150 valence electrons. The SMILES string of the molecule is O=S1(=O)CCN(c2nc(/C=C/c3ccccc3)nc3sc4c(c23)CCCC4)CC1. The molecule has 1 aliphatic heterocycles. The van der Waals surface area contributed by atoms with Gasteiger partial charge in [-0.15, -0.1) is 11.3 Å². The normalized spacial score (nSPS) is 19.0. The van der Waals surface area contributed by atoms with Crippen molar-refractivity contribution < 1.29 is 8.42 Å². The highest BCUT2D eigenvalue weighted by molar-refractivity contribution is 7.91. The van der Waals surface area contributed by atoms with Crippen molar-refractivity contribution in [3.63, 3.8) is 0 Å². The van der Waals surface area contributed by atoms with Gasteiger partial charge in [-0.1, -0.05) is 36.4 Å². The summed E-state index contributed by atoms with van der Waals surface area (Å²) in [6.07, 6.45) is 8.58. The Morgan fingerprint density at radius 1 is 0.966 bits per heavy atom. The molecule has 3 heterocycles. The minimum Gasteiger partial charge on any atom is -0.354 e. The first kappa shape index (κ1) is 18.8. The number of thiophene rings is 1. The maximum atomic E-state index is 11.9. The van der Waals surface area contributed by atoms with Gasteiger partial charge in [-0.25, -0.2) is 18.4 Å². The van der Waals surface area contributed by atoms with E-state index < -0.39 is 9.84 Å². The summed E-state index contributed by atoms with van der Waals surface area (Å²) < 4.78 is 23.9. The predicted molar refractivity (Wildman–Crippen MR) is 120 cm³/mol. The Kier molecular flexibility index (Phi) is 4.87. The van der Waals surface area contributed by atoms with Gasteiger partial charge in [0.15, 0.2) is 15.7 Å². The Hall–Kier alpha value is -2.25. The lowest BCUT2D eigenvalue weighted by molar-refractivity contribution is 0.586. The number of anilines is 1. The molecule has 0 amide bonds. The molecule has 0 atom stereocenters. The quantitative estimate of drug-likeness (QED) is 0.635. The Labute approximate surface area is 175 Å². The van der Waals surface area contributed by atoms with Crippen LogP contribution in [0.15, 0.2) is 30.3 Å². The van der Waals surface area contributed by atoms with Gasteiger partial charge in [0, 0.05) is 18.0 Å². The third-order valence-corrected chi connectivity index (χ3v) is 8.48. The molecule has 29 heavy (non-hydrogen) atoms. The van der Waals surface area contributed by atoms with Crippen LogP contribution in [0, 0.1) is 0 Å². The van der Waals surface area contributed by atoms with E-state index in [0.29, 0.717) is 18.9 Å². The maximum Gasteiger partial charge on any atom is 0.155 e. The smallest absolute Gasteiger partial charge is 0.155 e. The number of hydrogen-bond acceptors (Lipinski definition) is 6. The number of nitrogens with zero attached hydrogens (tertiary/aromatic N) is 3. The largest absolute Gasteiger partial charge is 0.354 e. The van der Waals surface area contributed by atoms with Crippen molar-refractivity contribution in [1.82, 2.24) is 9.97 Å². The second kappa shape index (κ2) is 7.54. The average molecular weight is 426 g/mol. The number of aryl methyl sites for hydroxylation is 2. The number of fused-ring (bicyclic) bond motifs is 3. The second-order valence-electron chi connectivity index (χ2n) is 7.68. The van der Waals surface area contributed by atoms with Crippen LogP contribution in [0.2, 0.25) is 0 Å². The maximum absolute atomic E-state index is 11.9. The summed E-state index contributed by atoms with van der Waals surface area (Å²) in [7, 11) is -2.93. The topological polar surface area (TPSA) is 63.2 Å². The van der Waals surface area contributed by atoms with E-state index in [4.69, 9.17) is 9.97 Å². The summed E-state index contributed by atoms with van der Waals surface area (Å²) in [4.78, 5) is 14.4. The molecule has 1 aromatic carbocycles. The standard InChI is InChI=1S/C22H23N3O2S2/c26-29(27)14-12-25(13-15-29)21-20-17-8-4-5-9-18(17)28-22(20)24-19(23-21)11-10-16-6-2-1-3-7-16/h1-3,6-7,10-11H,4-5,8-9,12-15H2/b11-10+. The van der Waals surface area contributed by atoms with E-state index in [2.05, 4.69) is 17.0 Å². The van der Waals surface area contributed by atoms with Crippen molar-refractivity contribution in [3.8, 4) is 0 Å². The lowest BCUT2D eigenvalue weighted by atomic mass is 9.97. The number of benzene rings is 1. The van der Waals surface area contributed by atoms with Crippen molar-refractivity contribution in [2.75, 3.05) is 29.5 Å². The molecule has 1 saturated heterocycles. The molecule has 0 saturated carbocycles. The molecule has 2 aliphatic rings. The lowest BCUT2D eigenvalue weighted by Crippen LogP contribution is -2.41. The Morgan fingerprint density at radius 2 is 1.72 bits per heavy atom. The Bertz CT molecular complexity index is 1170. The van der Waals surface area contributed by atoms with Crippen molar-refractivity contribution in [3.05, 3.63) is 52.2 Å². The van der Waals surface area contributed by atoms with Crippen LogP contribution >= 0.6 is 11.3 Å². The second-order valence-corrected chi connectivity index (χ2v) is 11.1. The molecule has 5 nitrogen and oxygen atoms in total. The highest BCUT2D eigenvalue weighted by Crippen LogP contribution is 2.40. The zero-order chi connectivity index (χ0) is 19.8. The molecule has 0 unspecified atom stereocenters. The average Bonchev–Trinajstić information content (AvgIpc) is 3.11. The van der Waals surface area contributed by atoms with Crippen molar-refractivity contribution in [1.29, 1.82) is 0 Å². The zero-order valence-electron chi connectivity index (χ0n) is 16.2. The minimum atomic E-state index is -2.93. The predicted octanol–water partition coefficient (Wildman–Crippen LogP) is 3.98. The molecule has 1 fully saturated rings. The van der Waals surface area contributed by atoms with Crippen LogP contribution in [0.4, 0.5) is 5.82 Å².